The quantitative estimate of drug-likeness (QED) is 0.823. The maximum absolute atomic E-state index is 4.19. The molecular formula is C13H21N3. The highest BCUT2D eigenvalue weighted by Gasteiger charge is 2.20. The van der Waals surface area contributed by atoms with Gasteiger partial charge in [-0.15, -0.1) is 0 Å². The van der Waals surface area contributed by atoms with E-state index < -0.39 is 0 Å². The van der Waals surface area contributed by atoms with Gasteiger partial charge in [0.15, 0.2) is 0 Å². The summed E-state index contributed by atoms with van der Waals surface area (Å²) >= 11 is 0. The third kappa shape index (κ3) is 2.95. The van der Waals surface area contributed by atoms with Crippen LogP contribution in [0.4, 0.5) is 0 Å². The number of nitrogens with one attached hydrogen (secondary N) is 1. The first-order chi connectivity index (χ1) is 7.66. The molecule has 0 aliphatic heterocycles. The van der Waals surface area contributed by atoms with Crippen LogP contribution in [0.2, 0.25) is 0 Å². The zero-order valence-corrected chi connectivity index (χ0v) is 10.4. The van der Waals surface area contributed by atoms with E-state index in [-0.39, 0.29) is 0 Å². The first kappa shape index (κ1) is 11.4. The molecule has 1 aromatic heterocycles. The largest absolute Gasteiger partial charge is 0.310 e. The first-order valence-corrected chi connectivity index (χ1v) is 6.08. The molecule has 1 aromatic rings. The molecule has 0 spiro atoms. The summed E-state index contributed by atoms with van der Waals surface area (Å²) in [7, 11) is 1.98. The highest BCUT2D eigenvalue weighted by Crippen LogP contribution is 2.20. The number of nitrogens with zero attached hydrogens (tertiary/aromatic N) is 2. The molecule has 1 N–H and O–H groups in total. The van der Waals surface area contributed by atoms with E-state index in [0.29, 0.717) is 5.92 Å². The summed E-state index contributed by atoms with van der Waals surface area (Å²) in [5, 5.41) is 7.76. The predicted molar refractivity (Wildman–Crippen MR) is 67.0 cm³/mol. The van der Waals surface area contributed by atoms with Crippen molar-refractivity contribution >= 4 is 6.08 Å². The van der Waals surface area contributed by atoms with Crippen molar-refractivity contribution in [2.75, 3.05) is 6.54 Å². The van der Waals surface area contributed by atoms with Crippen molar-refractivity contribution in [1.82, 2.24) is 15.1 Å². The van der Waals surface area contributed by atoms with Crippen molar-refractivity contribution in [3.8, 4) is 0 Å². The Bertz CT molecular complexity index is 372. The van der Waals surface area contributed by atoms with E-state index in [0.717, 1.165) is 12.6 Å². The van der Waals surface area contributed by atoms with Gasteiger partial charge in [0.25, 0.3) is 0 Å². The summed E-state index contributed by atoms with van der Waals surface area (Å²) in [5.74, 6) is 0.584. The zero-order chi connectivity index (χ0) is 11.5. The van der Waals surface area contributed by atoms with Gasteiger partial charge < -0.3 is 5.32 Å². The van der Waals surface area contributed by atoms with Gasteiger partial charge in [-0.1, -0.05) is 19.4 Å². The number of hydrogen-bond donors (Lipinski definition) is 1. The van der Waals surface area contributed by atoms with Crippen LogP contribution in [0, 0.1) is 5.92 Å². The molecule has 1 aliphatic rings. The smallest absolute Gasteiger partial charge is 0.0606 e. The van der Waals surface area contributed by atoms with Crippen molar-refractivity contribution in [3.63, 3.8) is 0 Å². The second-order valence-corrected chi connectivity index (χ2v) is 4.91. The third-order valence-electron chi connectivity index (χ3n) is 3.11. The Kier molecular flexibility index (Phi) is 3.44. The van der Waals surface area contributed by atoms with E-state index >= 15 is 0 Å². The van der Waals surface area contributed by atoms with Crippen molar-refractivity contribution in [2.24, 2.45) is 13.0 Å². The lowest BCUT2D eigenvalue weighted by Gasteiger charge is -2.12. The Balaban J connectivity index is 2.04. The summed E-state index contributed by atoms with van der Waals surface area (Å²) in [6.07, 6.45) is 6.79. The average molecular weight is 219 g/mol. The van der Waals surface area contributed by atoms with Crippen LogP contribution in [0.15, 0.2) is 17.8 Å². The molecule has 0 radical (unpaired) electrons. The number of hydrogen-bond acceptors (Lipinski definition) is 2. The van der Waals surface area contributed by atoms with E-state index in [1.54, 1.807) is 0 Å². The van der Waals surface area contributed by atoms with Gasteiger partial charge in [0.2, 0.25) is 0 Å². The normalized spacial score (nSPS) is 17.1. The van der Waals surface area contributed by atoms with Crippen LogP contribution in [0.3, 0.4) is 0 Å². The summed E-state index contributed by atoms with van der Waals surface area (Å²) in [6.45, 7) is 5.50. The van der Waals surface area contributed by atoms with Crippen molar-refractivity contribution in [1.29, 1.82) is 0 Å². The Hall–Kier alpha value is -1.09. The Labute approximate surface area is 97.5 Å². The molecule has 1 heterocycles. The molecule has 1 fully saturated rings. The van der Waals surface area contributed by atoms with Crippen LogP contribution in [0.1, 0.15) is 32.4 Å². The van der Waals surface area contributed by atoms with Gasteiger partial charge in [-0.3, -0.25) is 4.68 Å². The highest BCUT2D eigenvalue weighted by atomic mass is 15.2. The Morgan fingerprint density at radius 3 is 2.88 bits per heavy atom. The van der Waals surface area contributed by atoms with E-state index in [9.17, 15) is 0 Å². The number of aromatic nitrogens is 2. The number of rotatable bonds is 5. The van der Waals surface area contributed by atoms with Gasteiger partial charge in [0, 0.05) is 25.8 Å². The lowest BCUT2D eigenvalue weighted by atomic mass is 10.0. The summed E-state index contributed by atoms with van der Waals surface area (Å²) in [6, 6.07) is 2.83. The van der Waals surface area contributed by atoms with E-state index in [4.69, 9.17) is 0 Å². The Morgan fingerprint density at radius 1 is 1.62 bits per heavy atom. The minimum absolute atomic E-state index is 0.584. The SMILES string of the molecule is CC(C)C(=Cc1ccnn1C)CNC1CC1. The minimum atomic E-state index is 0.584. The van der Waals surface area contributed by atoms with Crippen molar-refractivity contribution in [2.45, 2.75) is 32.7 Å². The van der Waals surface area contributed by atoms with Gasteiger partial charge in [-0.2, -0.15) is 5.10 Å². The summed E-state index contributed by atoms with van der Waals surface area (Å²) in [5.41, 5.74) is 2.64. The van der Waals surface area contributed by atoms with Gasteiger partial charge in [0.1, 0.15) is 0 Å². The van der Waals surface area contributed by atoms with E-state index in [1.165, 1.54) is 24.1 Å². The van der Waals surface area contributed by atoms with Crippen LogP contribution in [-0.2, 0) is 7.05 Å². The van der Waals surface area contributed by atoms with Gasteiger partial charge in [-0.05, 0) is 30.9 Å². The molecule has 16 heavy (non-hydrogen) atoms. The lowest BCUT2D eigenvalue weighted by Crippen LogP contribution is -2.21. The van der Waals surface area contributed by atoms with E-state index in [2.05, 4.69) is 36.4 Å². The molecule has 0 unspecified atom stereocenters. The average Bonchev–Trinajstić information content (AvgIpc) is 2.97. The van der Waals surface area contributed by atoms with Crippen LogP contribution >= 0.6 is 0 Å². The molecule has 0 atom stereocenters. The van der Waals surface area contributed by atoms with Crippen LogP contribution < -0.4 is 5.32 Å². The van der Waals surface area contributed by atoms with Gasteiger partial charge in [0.05, 0.1) is 5.69 Å². The zero-order valence-electron chi connectivity index (χ0n) is 10.4. The van der Waals surface area contributed by atoms with E-state index in [1.807, 2.05) is 17.9 Å². The number of aryl methyl sites for hydroxylation is 1. The fourth-order valence-corrected chi connectivity index (χ4v) is 1.69. The molecule has 0 amide bonds. The molecule has 88 valence electrons. The maximum Gasteiger partial charge on any atom is 0.0606 e. The summed E-state index contributed by atoms with van der Waals surface area (Å²) in [4.78, 5) is 0. The topological polar surface area (TPSA) is 29.9 Å². The van der Waals surface area contributed by atoms with Crippen molar-refractivity contribution in [3.05, 3.63) is 23.5 Å². The molecular weight excluding hydrogens is 198 g/mol. The van der Waals surface area contributed by atoms with Gasteiger partial charge >= 0.3 is 0 Å². The van der Waals surface area contributed by atoms with Crippen molar-refractivity contribution < 1.29 is 0 Å². The highest BCUT2D eigenvalue weighted by molar-refractivity contribution is 5.49. The molecule has 0 saturated heterocycles. The van der Waals surface area contributed by atoms with Gasteiger partial charge in [-0.25, -0.2) is 0 Å². The first-order valence-electron chi connectivity index (χ1n) is 6.08. The summed E-state index contributed by atoms with van der Waals surface area (Å²) < 4.78 is 1.92. The van der Waals surface area contributed by atoms with Crippen LogP contribution in [0.5, 0.6) is 0 Å². The van der Waals surface area contributed by atoms with Crippen LogP contribution in [0.25, 0.3) is 6.08 Å². The lowest BCUT2D eigenvalue weighted by molar-refractivity contribution is 0.661. The maximum atomic E-state index is 4.19. The second-order valence-electron chi connectivity index (χ2n) is 4.91. The molecule has 1 saturated carbocycles. The molecule has 2 rings (SSSR count). The predicted octanol–water partition coefficient (Wildman–Crippen LogP) is 2.21. The molecule has 1 aliphatic carbocycles. The molecule has 0 bridgehead atoms. The molecule has 3 heteroatoms. The fourth-order valence-electron chi connectivity index (χ4n) is 1.69. The monoisotopic (exact) mass is 219 g/mol. The third-order valence-corrected chi connectivity index (χ3v) is 3.11. The minimum Gasteiger partial charge on any atom is -0.310 e. The fraction of sp³-hybridized carbons (Fsp3) is 0.615. The molecule has 0 aromatic carbocycles. The molecule has 3 nitrogen and oxygen atoms in total. The van der Waals surface area contributed by atoms with Crippen LogP contribution in [-0.4, -0.2) is 22.4 Å². The Morgan fingerprint density at radius 2 is 2.38 bits per heavy atom. The second kappa shape index (κ2) is 4.83. The standard InChI is InChI=1S/C13H21N3/c1-10(2)11(9-14-12-4-5-12)8-13-6-7-15-16(13)3/h6-8,10,12,14H,4-5,9H2,1-3H3.